The van der Waals surface area contributed by atoms with Crippen molar-refractivity contribution in [3.63, 3.8) is 0 Å². The highest BCUT2D eigenvalue weighted by atomic mass is 79.9. The summed E-state index contributed by atoms with van der Waals surface area (Å²) in [5.41, 5.74) is 0.572. The highest BCUT2D eigenvalue weighted by molar-refractivity contribution is 9.10. The van der Waals surface area contributed by atoms with E-state index in [-0.39, 0.29) is 11.6 Å². The van der Waals surface area contributed by atoms with E-state index in [4.69, 9.17) is 9.84 Å². The molecular formula is C13H15BrN2O4. The van der Waals surface area contributed by atoms with Crippen LogP contribution in [-0.4, -0.2) is 48.3 Å². The van der Waals surface area contributed by atoms with Crippen LogP contribution in [0.15, 0.2) is 22.7 Å². The van der Waals surface area contributed by atoms with E-state index in [1.165, 1.54) is 12.1 Å². The zero-order valence-electron chi connectivity index (χ0n) is 10.8. The van der Waals surface area contributed by atoms with Crippen LogP contribution in [0, 0.1) is 0 Å². The van der Waals surface area contributed by atoms with Gasteiger partial charge in [0.1, 0.15) is 0 Å². The largest absolute Gasteiger partial charge is 0.478 e. The molecule has 6 nitrogen and oxygen atoms in total. The summed E-state index contributed by atoms with van der Waals surface area (Å²) in [7, 11) is 0. The molecule has 0 atom stereocenters. The highest BCUT2D eigenvalue weighted by Crippen LogP contribution is 2.24. The van der Waals surface area contributed by atoms with Gasteiger partial charge in [-0.15, -0.1) is 0 Å². The van der Waals surface area contributed by atoms with E-state index in [0.29, 0.717) is 36.5 Å². The van der Waals surface area contributed by atoms with E-state index in [1.54, 1.807) is 11.0 Å². The minimum atomic E-state index is -1.03. The summed E-state index contributed by atoms with van der Waals surface area (Å²) >= 11 is 3.30. The van der Waals surface area contributed by atoms with Crippen LogP contribution in [0.25, 0.3) is 0 Å². The summed E-state index contributed by atoms with van der Waals surface area (Å²) in [6, 6.07) is 4.25. The molecule has 0 aromatic heterocycles. The number of aromatic carboxylic acids is 1. The maximum Gasteiger partial charge on any atom is 0.335 e. The predicted octanol–water partition coefficient (Wildman–Crippen LogP) is 2.40. The lowest BCUT2D eigenvalue weighted by molar-refractivity contribution is 0.0697. The molecule has 2 amide bonds. The summed E-state index contributed by atoms with van der Waals surface area (Å²) in [5.74, 6) is -1.03. The molecule has 0 spiro atoms. The smallest absolute Gasteiger partial charge is 0.335 e. The first-order valence-electron chi connectivity index (χ1n) is 6.24. The van der Waals surface area contributed by atoms with Gasteiger partial charge in [-0.2, -0.15) is 0 Å². The molecule has 20 heavy (non-hydrogen) atoms. The Bertz CT molecular complexity index is 513. The number of hydrogen-bond donors (Lipinski definition) is 2. The van der Waals surface area contributed by atoms with Gasteiger partial charge in [0.15, 0.2) is 0 Å². The lowest BCUT2D eigenvalue weighted by Gasteiger charge is -2.20. The first-order valence-corrected chi connectivity index (χ1v) is 7.04. The quantitative estimate of drug-likeness (QED) is 0.864. The van der Waals surface area contributed by atoms with Crippen molar-refractivity contribution in [1.82, 2.24) is 4.90 Å². The number of halogens is 1. The molecule has 1 heterocycles. The second kappa shape index (κ2) is 6.71. The van der Waals surface area contributed by atoms with Crippen LogP contribution >= 0.6 is 15.9 Å². The Labute approximate surface area is 124 Å². The third-order valence-corrected chi connectivity index (χ3v) is 3.66. The highest BCUT2D eigenvalue weighted by Gasteiger charge is 2.17. The maximum absolute atomic E-state index is 12.1. The van der Waals surface area contributed by atoms with Crippen molar-refractivity contribution in [2.24, 2.45) is 0 Å². The molecular weight excluding hydrogens is 328 g/mol. The van der Waals surface area contributed by atoms with Crippen LogP contribution < -0.4 is 5.32 Å². The number of carbonyl (C=O) groups is 2. The first-order chi connectivity index (χ1) is 9.58. The van der Waals surface area contributed by atoms with Crippen molar-refractivity contribution in [2.75, 3.05) is 31.6 Å². The summed E-state index contributed by atoms with van der Waals surface area (Å²) in [6.07, 6.45) is 0.795. The SMILES string of the molecule is O=C(O)c1ccc(Br)c(NC(=O)N2CCCOCC2)c1. The number of nitrogens with zero attached hydrogens (tertiary/aromatic N) is 1. The lowest BCUT2D eigenvalue weighted by Crippen LogP contribution is -2.36. The van der Waals surface area contributed by atoms with E-state index in [1.807, 2.05) is 0 Å². The van der Waals surface area contributed by atoms with Gasteiger partial charge in [0.05, 0.1) is 17.9 Å². The van der Waals surface area contributed by atoms with Gasteiger partial charge in [-0.3, -0.25) is 0 Å². The minimum absolute atomic E-state index is 0.127. The first kappa shape index (κ1) is 14.8. The molecule has 0 aliphatic carbocycles. The molecule has 1 aromatic carbocycles. The molecule has 2 N–H and O–H groups in total. The van der Waals surface area contributed by atoms with Crippen molar-refractivity contribution in [1.29, 1.82) is 0 Å². The van der Waals surface area contributed by atoms with E-state index in [0.717, 1.165) is 6.42 Å². The number of ether oxygens (including phenoxy) is 1. The van der Waals surface area contributed by atoms with Crippen LogP contribution in [0.4, 0.5) is 10.5 Å². The zero-order chi connectivity index (χ0) is 14.5. The fourth-order valence-corrected chi connectivity index (χ4v) is 2.24. The molecule has 1 saturated heterocycles. The lowest BCUT2D eigenvalue weighted by atomic mass is 10.2. The van der Waals surface area contributed by atoms with Gasteiger partial charge in [-0.1, -0.05) is 0 Å². The van der Waals surface area contributed by atoms with E-state index < -0.39 is 5.97 Å². The van der Waals surface area contributed by atoms with Crippen molar-refractivity contribution in [2.45, 2.75) is 6.42 Å². The van der Waals surface area contributed by atoms with Gasteiger partial charge >= 0.3 is 12.0 Å². The molecule has 0 bridgehead atoms. The molecule has 1 aliphatic heterocycles. The van der Waals surface area contributed by atoms with E-state index in [9.17, 15) is 9.59 Å². The molecule has 108 valence electrons. The Morgan fingerprint density at radius 2 is 2.10 bits per heavy atom. The molecule has 0 unspecified atom stereocenters. The van der Waals surface area contributed by atoms with Crippen molar-refractivity contribution in [3.8, 4) is 0 Å². The Kier molecular flexibility index (Phi) is 4.97. The fourth-order valence-electron chi connectivity index (χ4n) is 1.90. The average Bonchev–Trinajstić information content (AvgIpc) is 2.70. The van der Waals surface area contributed by atoms with E-state index in [2.05, 4.69) is 21.2 Å². The van der Waals surface area contributed by atoms with Crippen molar-refractivity contribution >= 4 is 33.6 Å². The summed E-state index contributed by atoms with van der Waals surface area (Å²) in [6.45, 7) is 2.33. The van der Waals surface area contributed by atoms with Gasteiger partial charge in [-0.25, -0.2) is 9.59 Å². The number of urea groups is 1. The Morgan fingerprint density at radius 1 is 1.30 bits per heavy atom. The third kappa shape index (κ3) is 3.71. The number of hydrogen-bond acceptors (Lipinski definition) is 3. The van der Waals surface area contributed by atoms with Crippen LogP contribution in [-0.2, 0) is 4.74 Å². The zero-order valence-corrected chi connectivity index (χ0v) is 12.4. The van der Waals surface area contributed by atoms with Gasteiger partial charge in [0.25, 0.3) is 0 Å². The van der Waals surface area contributed by atoms with E-state index >= 15 is 0 Å². The van der Waals surface area contributed by atoms with Crippen LogP contribution in [0.1, 0.15) is 16.8 Å². The number of carboxylic acid groups (broad SMARTS) is 1. The monoisotopic (exact) mass is 342 g/mol. The number of carboxylic acids is 1. The molecule has 7 heteroatoms. The predicted molar refractivity (Wildman–Crippen MR) is 77.1 cm³/mol. The molecule has 1 aromatic rings. The second-order valence-corrected chi connectivity index (χ2v) is 5.24. The molecule has 1 fully saturated rings. The van der Waals surface area contributed by atoms with Gasteiger partial charge in [-0.05, 0) is 40.5 Å². The van der Waals surface area contributed by atoms with Gasteiger partial charge in [0.2, 0.25) is 0 Å². The number of rotatable bonds is 2. The molecule has 2 rings (SSSR count). The number of amides is 2. The fraction of sp³-hybridized carbons (Fsp3) is 0.385. The Balaban J connectivity index is 2.10. The second-order valence-electron chi connectivity index (χ2n) is 4.38. The topological polar surface area (TPSA) is 78.9 Å². The number of anilines is 1. The standard InChI is InChI=1S/C13H15BrN2O4/c14-10-3-2-9(12(17)18)8-11(10)15-13(19)16-4-1-6-20-7-5-16/h2-3,8H,1,4-7H2,(H,15,19)(H,17,18). The number of carbonyl (C=O) groups excluding carboxylic acids is 1. The maximum atomic E-state index is 12.1. The third-order valence-electron chi connectivity index (χ3n) is 2.96. The number of benzene rings is 1. The van der Waals surface area contributed by atoms with Gasteiger partial charge in [0, 0.05) is 24.2 Å². The van der Waals surface area contributed by atoms with Gasteiger partial charge < -0.3 is 20.1 Å². The summed E-state index contributed by atoms with van der Waals surface area (Å²) in [4.78, 5) is 24.7. The molecule has 0 radical (unpaired) electrons. The minimum Gasteiger partial charge on any atom is -0.478 e. The summed E-state index contributed by atoms with van der Waals surface area (Å²) < 4.78 is 5.93. The van der Waals surface area contributed by atoms with Crippen molar-refractivity contribution < 1.29 is 19.4 Å². The van der Waals surface area contributed by atoms with Crippen LogP contribution in [0.2, 0.25) is 0 Å². The number of nitrogens with one attached hydrogen (secondary N) is 1. The molecule has 1 aliphatic rings. The summed E-state index contributed by atoms with van der Waals surface area (Å²) in [5, 5.41) is 11.7. The average molecular weight is 343 g/mol. The van der Waals surface area contributed by atoms with Crippen LogP contribution in [0.3, 0.4) is 0 Å². The Morgan fingerprint density at radius 3 is 2.85 bits per heavy atom. The van der Waals surface area contributed by atoms with Crippen LogP contribution in [0.5, 0.6) is 0 Å². The Hall–Kier alpha value is -1.60. The normalized spacial score (nSPS) is 15.6. The molecule has 0 saturated carbocycles. The van der Waals surface area contributed by atoms with Crippen molar-refractivity contribution in [3.05, 3.63) is 28.2 Å².